The van der Waals surface area contributed by atoms with Gasteiger partial charge in [0.05, 0.1) is 17.3 Å². The lowest BCUT2D eigenvalue weighted by atomic mass is 10.2. The van der Waals surface area contributed by atoms with Gasteiger partial charge in [0.15, 0.2) is 5.65 Å². The second kappa shape index (κ2) is 4.68. The van der Waals surface area contributed by atoms with E-state index in [4.69, 9.17) is 0 Å². The second-order valence-corrected chi connectivity index (χ2v) is 4.39. The molecule has 1 aromatic carbocycles. The van der Waals surface area contributed by atoms with Crippen LogP contribution in [-0.4, -0.2) is 26.3 Å². The topological polar surface area (TPSA) is 55.6 Å². The maximum absolute atomic E-state index is 4.42. The Morgan fingerprint density at radius 1 is 1.26 bits per heavy atom. The Balaban J connectivity index is 2.18. The number of hydrogen-bond acceptors (Lipinski definition) is 4. The average molecular weight is 253 g/mol. The lowest BCUT2D eigenvalue weighted by Gasteiger charge is -2.05. The molecule has 3 aromatic rings. The molecule has 0 saturated heterocycles. The molecule has 0 aliphatic heterocycles. The fourth-order valence-corrected chi connectivity index (χ4v) is 2.10. The summed E-state index contributed by atoms with van der Waals surface area (Å²) >= 11 is 0. The highest BCUT2D eigenvalue weighted by Crippen LogP contribution is 2.21. The molecule has 0 atom stereocenters. The summed E-state index contributed by atoms with van der Waals surface area (Å²) in [5.41, 5.74) is 3.02. The van der Waals surface area contributed by atoms with E-state index < -0.39 is 0 Å². The lowest BCUT2D eigenvalue weighted by Crippen LogP contribution is -2.02. The van der Waals surface area contributed by atoms with Crippen molar-refractivity contribution >= 4 is 16.9 Å². The van der Waals surface area contributed by atoms with Gasteiger partial charge < -0.3 is 5.32 Å². The van der Waals surface area contributed by atoms with Gasteiger partial charge in [-0.15, -0.1) is 0 Å². The maximum atomic E-state index is 4.42. The lowest BCUT2D eigenvalue weighted by molar-refractivity contribution is 0.893. The van der Waals surface area contributed by atoms with E-state index in [9.17, 15) is 0 Å². The molecule has 0 aliphatic carbocycles. The van der Waals surface area contributed by atoms with E-state index in [0.29, 0.717) is 0 Å². The first kappa shape index (κ1) is 11.6. The number of anilines is 1. The number of nitrogens with zero attached hydrogens (tertiary/aromatic N) is 4. The van der Waals surface area contributed by atoms with Gasteiger partial charge in [-0.3, -0.25) is 0 Å². The molecular formula is C14H15N5. The molecule has 0 amide bonds. The van der Waals surface area contributed by atoms with Crippen molar-refractivity contribution < 1.29 is 0 Å². The molecule has 5 nitrogen and oxygen atoms in total. The van der Waals surface area contributed by atoms with E-state index in [1.165, 1.54) is 5.56 Å². The van der Waals surface area contributed by atoms with E-state index in [0.717, 1.165) is 29.1 Å². The summed E-state index contributed by atoms with van der Waals surface area (Å²) in [4.78, 5) is 8.59. The molecule has 0 saturated carbocycles. The summed E-state index contributed by atoms with van der Waals surface area (Å²) in [6.45, 7) is 4.93. The van der Waals surface area contributed by atoms with Gasteiger partial charge in [-0.1, -0.05) is 12.1 Å². The number of benzene rings is 1. The van der Waals surface area contributed by atoms with Gasteiger partial charge in [0.2, 0.25) is 0 Å². The molecule has 0 fully saturated rings. The SMILES string of the molecule is CCNc1ncnc2c1cnn2-c1cccc(C)c1. The van der Waals surface area contributed by atoms with Crippen molar-refractivity contribution in [3.05, 3.63) is 42.4 Å². The van der Waals surface area contributed by atoms with Crippen molar-refractivity contribution in [2.75, 3.05) is 11.9 Å². The third kappa shape index (κ3) is 2.03. The molecule has 0 radical (unpaired) electrons. The Bertz CT molecular complexity index is 717. The fraction of sp³-hybridized carbons (Fsp3) is 0.214. The largest absolute Gasteiger partial charge is 0.370 e. The van der Waals surface area contributed by atoms with Gasteiger partial charge in [0, 0.05) is 6.54 Å². The van der Waals surface area contributed by atoms with Crippen LogP contribution in [0, 0.1) is 6.92 Å². The van der Waals surface area contributed by atoms with E-state index in [1.807, 2.05) is 23.7 Å². The first-order valence-electron chi connectivity index (χ1n) is 6.29. The summed E-state index contributed by atoms with van der Waals surface area (Å²) < 4.78 is 1.84. The molecule has 2 heterocycles. The van der Waals surface area contributed by atoms with Crippen molar-refractivity contribution in [3.63, 3.8) is 0 Å². The molecule has 96 valence electrons. The number of aryl methyl sites for hydroxylation is 1. The van der Waals surface area contributed by atoms with Crippen LogP contribution in [0.4, 0.5) is 5.82 Å². The monoisotopic (exact) mass is 253 g/mol. The Morgan fingerprint density at radius 3 is 2.95 bits per heavy atom. The average Bonchev–Trinajstić information content (AvgIpc) is 2.84. The van der Waals surface area contributed by atoms with Crippen molar-refractivity contribution in [2.24, 2.45) is 0 Å². The van der Waals surface area contributed by atoms with E-state index >= 15 is 0 Å². The zero-order chi connectivity index (χ0) is 13.2. The van der Waals surface area contributed by atoms with Gasteiger partial charge in [0.25, 0.3) is 0 Å². The standard InChI is InChI=1S/C14H15N5/c1-3-15-13-12-8-18-19(14(12)17-9-16-13)11-6-4-5-10(2)7-11/h4-9H,3H2,1-2H3,(H,15,16,17). The molecule has 0 bridgehead atoms. The van der Waals surface area contributed by atoms with Crippen molar-refractivity contribution in [2.45, 2.75) is 13.8 Å². The first-order chi connectivity index (χ1) is 9.29. The van der Waals surface area contributed by atoms with Crippen LogP contribution < -0.4 is 5.32 Å². The van der Waals surface area contributed by atoms with Crippen molar-refractivity contribution in [3.8, 4) is 5.69 Å². The molecule has 0 unspecified atom stereocenters. The molecule has 3 rings (SSSR count). The van der Waals surface area contributed by atoms with Gasteiger partial charge in [0.1, 0.15) is 12.1 Å². The number of fused-ring (bicyclic) bond motifs is 1. The maximum Gasteiger partial charge on any atom is 0.168 e. The summed E-state index contributed by atoms with van der Waals surface area (Å²) in [5, 5.41) is 8.58. The minimum atomic E-state index is 0.816. The number of hydrogen-bond donors (Lipinski definition) is 1. The van der Waals surface area contributed by atoms with Crippen LogP contribution >= 0.6 is 0 Å². The Kier molecular flexibility index (Phi) is 2.87. The minimum Gasteiger partial charge on any atom is -0.370 e. The third-order valence-electron chi connectivity index (χ3n) is 2.96. The summed E-state index contributed by atoms with van der Waals surface area (Å²) in [6, 6.07) is 8.19. The highest BCUT2D eigenvalue weighted by molar-refractivity contribution is 5.87. The Morgan fingerprint density at radius 2 is 2.16 bits per heavy atom. The molecule has 0 spiro atoms. The van der Waals surface area contributed by atoms with Gasteiger partial charge in [-0.05, 0) is 31.5 Å². The van der Waals surface area contributed by atoms with Crippen LogP contribution in [0.25, 0.3) is 16.7 Å². The highest BCUT2D eigenvalue weighted by atomic mass is 15.3. The Labute approximate surface area is 111 Å². The summed E-state index contributed by atoms with van der Waals surface area (Å²) in [7, 11) is 0. The highest BCUT2D eigenvalue weighted by Gasteiger charge is 2.10. The van der Waals surface area contributed by atoms with Crippen molar-refractivity contribution in [1.29, 1.82) is 0 Å². The number of nitrogens with one attached hydrogen (secondary N) is 1. The van der Waals surface area contributed by atoms with Crippen LogP contribution in [0.2, 0.25) is 0 Å². The van der Waals surface area contributed by atoms with Gasteiger partial charge in [-0.2, -0.15) is 5.10 Å². The number of rotatable bonds is 3. The zero-order valence-corrected chi connectivity index (χ0v) is 11.0. The summed E-state index contributed by atoms with van der Waals surface area (Å²) in [6.07, 6.45) is 3.37. The van der Waals surface area contributed by atoms with E-state index in [1.54, 1.807) is 12.5 Å². The minimum absolute atomic E-state index is 0.816. The van der Waals surface area contributed by atoms with Crippen LogP contribution in [0.1, 0.15) is 12.5 Å². The predicted molar refractivity (Wildman–Crippen MR) is 75.6 cm³/mol. The fourth-order valence-electron chi connectivity index (χ4n) is 2.10. The van der Waals surface area contributed by atoms with E-state index in [-0.39, 0.29) is 0 Å². The van der Waals surface area contributed by atoms with E-state index in [2.05, 4.69) is 39.4 Å². The molecule has 5 heteroatoms. The van der Waals surface area contributed by atoms with Crippen LogP contribution in [0.15, 0.2) is 36.8 Å². The van der Waals surface area contributed by atoms with Crippen LogP contribution in [0.5, 0.6) is 0 Å². The zero-order valence-electron chi connectivity index (χ0n) is 11.0. The summed E-state index contributed by atoms with van der Waals surface area (Å²) in [5.74, 6) is 0.825. The smallest absolute Gasteiger partial charge is 0.168 e. The van der Waals surface area contributed by atoms with Gasteiger partial charge >= 0.3 is 0 Å². The molecule has 0 aliphatic rings. The molecule has 1 N–H and O–H groups in total. The Hall–Kier alpha value is -2.43. The molecular weight excluding hydrogens is 238 g/mol. The first-order valence-corrected chi connectivity index (χ1v) is 6.29. The van der Waals surface area contributed by atoms with Gasteiger partial charge in [-0.25, -0.2) is 14.6 Å². The van der Waals surface area contributed by atoms with Crippen molar-refractivity contribution in [1.82, 2.24) is 19.7 Å². The van der Waals surface area contributed by atoms with Crippen LogP contribution in [0.3, 0.4) is 0 Å². The predicted octanol–water partition coefficient (Wildman–Crippen LogP) is 2.56. The number of aromatic nitrogens is 4. The quantitative estimate of drug-likeness (QED) is 0.779. The molecule has 2 aromatic heterocycles. The molecule has 19 heavy (non-hydrogen) atoms. The normalized spacial score (nSPS) is 10.8. The second-order valence-electron chi connectivity index (χ2n) is 4.39. The third-order valence-corrected chi connectivity index (χ3v) is 2.96. The van der Waals surface area contributed by atoms with Crippen LogP contribution in [-0.2, 0) is 0 Å².